The number of hydrogen-bond donors (Lipinski definition) is 0. The minimum absolute atomic E-state index is 0.102. The number of rotatable bonds is 6. The highest BCUT2D eigenvalue weighted by atomic mass is 16.2. The van der Waals surface area contributed by atoms with E-state index in [-0.39, 0.29) is 34.1 Å². The summed E-state index contributed by atoms with van der Waals surface area (Å²) in [6.07, 6.45) is 0. The van der Waals surface area contributed by atoms with Crippen molar-refractivity contribution < 1.29 is 28.8 Å². The largest absolute Gasteiger partial charge is 0.312 e. The summed E-state index contributed by atoms with van der Waals surface area (Å²) in [6.45, 7) is 7.79. The molecule has 0 radical (unpaired) electrons. The SMILES string of the molecule is CC(=O)N(C)c1c(N(C)C(C)=O)c(N(C)C(C)=O)c(N(C)C(C)=O)c(N(C)C(C)=O)c1N(C)C(C)=O. The Labute approximate surface area is 212 Å². The van der Waals surface area contributed by atoms with E-state index in [0.717, 1.165) is 0 Å². The molecule has 0 saturated heterocycles. The van der Waals surface area contributed by atoms with Crippen LogP contribution in [0.4, 0.5) is 34.1 Å². The Balaban J connectivity index is 4.90. The molecule has 36 heavy (non-hydrogen) atoms. The van der Waals surface area contributed by atoms with Gasteiger partial charge in [0, 0.05) is 83.8 Å². The van der Waals surface area contributed by atoms with E-state index < -0.39 is 35.4 Å². The molecule has 0 aliphatic rings. The first-order valence-electron chi connectivity index (χ1n) is 11.1. The topological polar surface area (TPSA) is 122 Å². The van der Waals surface area contributed by atoms with Crippen molar-refractivity contribution >= 4 is 69.6 Å². The molecule has 198 valence electrons. The van der Waals surface area contributed by atoms with Gasteiger partial charge in [-0.1, -0.05) is 0 Å². The van der Waals surface area contributed by atoms with Crippen LogP contribution in [0.15, 0.2) is 0 Å². The van der Waals surface area contributed by atoms with Gasteiger partial charge < -0.3 is 29.4 Å². The summed E-state index contributed by atoms with van der Waals surface area (Å²) < 4.78 is 0. The number of carbonyl (C=O) groups is 6. The number of amides is 6. The van der Waals surface area contributed by atoms with Gasteiger partial charge in [-0.15, -0.1) is 0 Å². The molecule has 1 aromatic rings. The zero-order valence-corrected chi connectivity index (χ0v) is 23.1. The Hall–Kier alpha value is -3.96. The van der Waals surface area contributed by atoms with Gasteiger partial charge >= 0.3 is 0 Å². The molecule has 1 aromatic carbocycles. The summed E-state index contributed by atoms with van der Waals surface area (Å²) in [5.41, 5.74) is 0.610. The van der Waals surface area contributed by atoms with Crippen LogP contribution in [0, 0.1) is 0 Å². The van der Waals surface area contributed by atoms with E-state index in [2.05, 4.69) is 0 Å². The molecule has 0 bridgehead atoms. The van der Waals surface area contributed by atoms with Crippen molar-refractivity contribution in [3.05, 3.63) is 0 Å². The second-order valence-electron chi connectivity index (χ2n) is 8.56. The van der Waals surface area contributed by atoms with Crippen LogP contribution in [0.25, 0.3) is 0 Å². The molecule has 0 atom stereocenters. The lowest BCUT2D eigenvalue weighted by molar-refractivity contribution is -0.117. The zero-order valence-electron chi connectivity index (χ0n) is 23.1. The van der Waals surface area contributed by atoms with E-state index in [0.29, 0.717) is 0 Å². The maximum Gasteiger partial charge on any atom is 0.223 e. The monoisotopic (exact) mass is 504 g/mol. The van der Waals surface area contributed by atoms with Crippen LogP contribution >= 0.6 is 0 Å². The molecule has 0 heterocycles. The molecule has 0 N–H and O–H groups in total. The third kappa shape index (κ3) is 5.47. The number of hydrogen-bond acceptors (Lipinski definition) is 6. The van der Waals surface area contributed by atoms with Gasteiger partial charge in [-0.25, -0.2) is 0 Å². The Morgan fingerprint density at radius 2 is 0.389 bits per heavy atom. The van der Waals surface area contributed by atoms with Crippen molar-refractivity contribution in [3.8, 4) is 0 Å². The maximum absolute atomic E-state index is 12.7. The molecule has 6 amide bonds. The molecule has 12 nitrogen and oxygen atoms in total. The van der Waals surface area contributed by atoms with Crippen molar-refractivity contribution in [2.24, 2.45) is 0 Å². The summed E-state index contributed by atoms with van der Waals surface area (Å²) in [4.78, 5) is 83.5. The number of benzene rings is 1. The average molecular weight is 505 g/mol. The molecular formula is C24H36N6O6. The fourth-order valence-corrected chi connectivity index (χ4v) is 3.52. The molecule has 1 rings (SSSR count). The lowest BCUT2D eigenvalue weighted by Crippen LogP contribution is -2.39. The molecule has 0 fully saturated rings. The van der Waals surface area contributed by atoms with Gasteiger partial charge in [0.15, 0.2) is 0 Å². The van der Waals surface area contributed by atoms with Crippen LogP contribution in [0.1, 0.15) is 41.5 Å². The van der Waals surface area contributed by atoms with Crippen molar-refractivity contribution in [1.82, 2.24) is 0 Å². The first-order chi connectivity index (χ1) is 16.4. The summed E-state index contributed by atoms with van der Waals surface area (Å²) >= 11 is 0. The normalized spacial score (nSPS) is 10.3. The highest BCUT2D eigenvalue weighted by Gasteiger charge is 2.38. The van der Waals surface area contributed by atoms with E-state index in [1.54, 1.807) is 0 Å². The Morgan fingerprint density at radius 3 is 0.444 bits per heavy atom. The van der Waals surface area contributed by atoms with Crippen LogP contribution in [0.5, 0.6) is 0 Å². The Kier molecular flexibility index (Phi) is 9.34. The smallest absolute Gasteiger partial charge is 0.223 e. The van der Waals surface area contributed by atoms with E-state index in [9.17, 15) is 28.8 Å². The van der Waals surface area contributed by atoms with E-state index in [1.165, 1.54) is 113 Å². The third-order valence-electron chi connectivity index (χ3n) is 6.19. The van der Waals surface area contributed by atoms with Crippen molar-refractivity contribution in [2.45, 2.75) is 41.5 Å². The van der Waals surface area contributed by atoms with Crippen LogP contribution in [-0.2, 0) is 28.8 Å². The lowest BCUT2D eigenvalue weighted by Gasteiger charge is -2.40. The molecule has 0 unspecified atom stereocenters. The highest BCUT2D eigenvalue weighted by Crippen LogP contribution is 2.57. The van der Waals surface area contributed by atoms with E-state index in [1.807, 2.05) is 0 Å². The lowest BCUT2D eigenvalue weighted by atomic mass is 10.0. The predicted octanol–water partition coefficient (Wildman–Crippen LogP) is 1.58. The van der Waals surface area contributed by atoms with E-state index in [4.69, 9.17) is 0 Å². The predicted molar refractivity (Wildman–Crippen MR) is 141 cm³/mol. The maximum atomic E-state index is 12.7. The van der Waals surface area contributed by atoms with Crippen molar-refractivity contribution in [3.63, 3.8) is 0 Å². The van der Waals surface area contributed by atoms with Crippen LogP contribution in [-0.4, -0.2) is 77.7 Å². The number of anilines is 6. The molecule has 0 aliphatic carbocycles. The fourth-order valence-electron chi connectivity index (χ4n) is 3.52. The van der Waals surface area contributed by atoms with E-state index >= 15 is 0 Å². The van der Waals surface area contributed by atoms with Gasteiger partial charge in [0.05, 0.1) is 34.1 Å². The van der Waals surface area contributed by atoms with Gasteiger partial charge in [-0.05, 0) is 0 Å². The minimum Gasteiger partial charge on any atom is -0.312 e. The number of nitrogens with zero attached hydrogens (tertiary/aromatic N) is 6. The fraction of sp³-hybridized carbons (Fsp3) is 0.500. The first kappa shape index (κ1) is 30.1. The van der Waals surface area contributed by atoms with Gasteiger partial charge in [-0.3, -0.25) is 28.8 Å². The average Bonchev–Trinajstić information content (AvgIpc) is 2.78. The van der Waals surface area contributed by atoms with Crippen molar-refractivity contribution in [1.29, 1.82) is 0 Å². The molecule has 0 aromatic heterocycles. The van der Waals surface area contributed by atoms with Gasteiger partial charge in [0.1, 0.15) is 0 Å². The van der Waals surface area contributed by atoms with Crippen LogP contribution < -0.4 is 29.4 Å². The highest BCUT2D eigenvalue weighted by molar-refractivity contribution is 6.23. The number of carbonyl (C=O) groups excluding carboxylic acids is 6. The molecule has 0 spiro atoms. The molecular weight excluding hydrogens is 468 g/mol. The van der Waals surface area contributed by atoms with Crippen molar-refractivity contribution in [2.75, 3.05) is 71.7 Å². The second kappa shape index (κ2) is 11.2. The Bertz CT molecular complexity index is 886. The molecule has 0 aliphatic heterocycles. The van der Waals surface area contributed by atoms with Crippen LogP contribution in [0.2, 0.25) is 0 Å². The third-order valence-corrected chi connectivity index (χ3v) is 6.19. The zero-order chi connectivity index (χ0) is 28.4. The quantitative estimate of drug-likeness (QED) is 0.580. The first-order valence-corrected chi connectivity index (χ1v) is 11.1. The Morgan fingerprint density at radius 1 is 0.306 bits per heavy atom. The summed E-state index contributed by atoms with van der Waals surface area (Å²) in [6, 6.07) is 0. The van der Waals surface area contributed by atoms with Gasteiger partial charge in [0.25, 0.3) is 0 Å². The van der Waals surface area contributed by atoms with Gasteiger partial charge in [-0.2, -0.15) is 0 Å². The summed E-state index contributed by atoms with van der Waals surface area (Å²) in [7, 11) is 8.73. The molecule has 0 saturated carbocycles. The second-order valence-corrected chi connectivity index (χ2v) is 8.56. The van der Waals surface area contributed by atoms with Crippen LogP contribution in [0.3, 0.4) is 0 Å². The standard InChI is InChI=1S/C24H36N6O6/c1-13(31)25(7)19-20(26(8)14(2)32)22(28(10)16(4)34)24(30(12)18(6)36)23(29(11)17(5)35)21(19)27(9)15(3)33/h1-12H3. The molecule has 12 heteroatoms. The minimum atomic E-state index is -0.438. The van der Waals surface area contributed by atoms with Gasteiger partial charge in [0.2, 0.25) is 35.4 Å². The summed E-state index contributed by atoms with van der Waals surface area (Å²) in [5.74, 6) is -2.63. The summed E-state index contributed by atoms with van der Waals surface area (Å²) in [5, 5.41) is 0.